The van der Waals surface area contributed by atoms with Crippen LogP contribution in [0.5, 0.6) is 11.5 Å². The van der Waals surface area contributed by atoms with E-state index in [4.69, 9.17) is 21.1 Å². The first kappa shape index (κ1) is 22.2. The summed E-state index contributed by atoms with van der Waals surface area (Å²) in [5.41, 5.74) is 1.39. The fraction of sp³-hybridized carbons (Fsp3) is 0.381. The monoisotopic (exact) mass is 452 g/mol. The van der Waals surface area contributed by atoms with Crippen molar-refractivity contribution in [2.24, 2.45) is 0 Å². The number of rotatable bonds is 8. The van der Waals surface area contributed by atoms with Crippen molar-refractivity contribution in [1.29, 1.82) is 0 Å². The number of sulfonamides is 1. The van der Waals surface area contributed by atoms with Gasteiger partial charge in [-0.2, -0.15) is 0 Å². The molecule has 1 atom stereocenters. The molecule has 0 bridgehead atoms. The number of anilines is 1. The van der Waals surface area contributed by atoms with E-state index in [1.165, 1.54) is 4.31 Å². The molecule has 0 aliphatic carbocycles. The largest absolute Gasteiger partial charge is 0.486 e. The SMILES string of the molecule is CC(NC(=O)CCCN(c1cccc(Cl)c1)S(C)(=O)=O)c1ccc2c(c1)OCCO2. The lowest BCUT2D eigenvalue weighted by Crippen LogP contribution is -2.32. The van der Waals surface area contributed by atoms with Gasteiger partial charge in [0.1, 0.15) is 13.2 Å². The molecule has 0 saturated carbocycles. The molecule has 1 aliphatic rings. The Bertz CT molecular complexity index is 1010. The minimum absolute atomic E-state index is 0.156. The van der Waals surface area contributed by atoms with Crippen LogP contribution in [0.2, 0.25) is 5.02 Å². The number of ether oxygens (including phenoxy) is 2. The Labute approximate surface area is 182 Å². The third-order valence-corrected chi connectivity index (χ3v) is 6.13. The molecule has 30 heavy (non-hydrogen) atoms. The Hall–Kier alpha value is -2.45. The summed E-state index contributed by atoms with van der Waals surface area (Å²) in [6.45, 7) is 3.10. The highest BCUT2D eigenvalue weighted by atomic mass is 35.5. The van der Waals surface area contributed by atoms with E-state index >= 15 is 0 Å². The van der Waals surface area contributed by atoms with Crippen LogP contribution in [-0.4, -0.2) is 40.3 Å². The van der Waals surface area contributed by atoms with Crippen LogP contribution in [0, 0.1) is 0 Å². The average Bonchev–Trinajstić information content (AvgIpc) is 2.69. The highest BCUT2D eigenvalue weighted by Crippen LogP contribution is 2.32. The van der Waals surface area contributed by atoms with E-state index in [0.717, 1.165) is 11.8 Å². The highest BCUT2D eigenvalue weighted by molar-refractivity contribution is 7.92. The number of hydrogen-bond acceptors (Lipinski definition) is 5. The lowest BCUT2D eigenvalue weighted by Gasteiger charge is -2.23. The van der Waals surface area contributed by atoms with Gasteiger partial charge in [-0.05, 0) is 49.2 Å². The van der Waals surface area contributed by atoms with Gasteiger partial charge in [-0.3, -0.25) is 9.10 Å². The molecule has 0 aromatic heterocycles. The van der Waals surface area contributed by atoms with Gasteiger partial charge >= 0.3 is 0 Å². The molecule has 3 rings (SSSR count). The van der Waals surface area contributed by atoms with Crippen LogP contribution in [0.25, 0.3) is 0 Å². The number of carbonyl (C=O) groups excluding carboxylic acids is 1. The molecule has 2 aromatic rings. The molecule has 0 fully saturated rings. The van der Waals surface area contributed by atoms with Gasteiger partial charge in [0.2, 0.25) is 15.9 Å². The van der Waals surface area contributed by atoms with Crippen molar-refractivity contribution in [3.63, 3.8) is 0 Å². The number of benzene rings is 2. The minimum Gasteiger partial charge on any atom is -0.486 e. The summed E-state index contributed by atoms with van der Waals surface area (Å²) in [5.74, 6) is 1.22. The molecular formula is C21H25ClN2O5S. The van der Waals surface area contributed by atoms with Gasteiger partial charge in [0, 0.05) is 18.0 Å². The third-order valence-electron chi connectivity index (χ3n) is 4.71. The Morgan fingerprint density at radius 1 is 1.17 bits per heavy atom. The number of hydrogen-bond donors (Lipinski definition) is 1. The van der Waals surface area contributed by atoms with Crippen molar-refractivity contribution < 1.29 is 22.7 Å². The molecule has 0 radical (unpaired) electrons. The molecule has 0 spiro atoms. The van der Waals surface area contributed by atoms with Crippen LogP contribution in [0.1, 0.15) is 31.4 Å². The van der Waals surface area contributed by atoms with Crippen LogP contribution < -0.4 is 19.1 Å². The van der Waals surface area contributed by atoms with Crippen LogP contribution >= 0.6 is 11.6 Å². The van der Waals surface area contributed by atoms with Crippen LogP contribution in [0.3, 0.4) is 0 Å². The number of halogens is 1. The summed E-state index contributed by atoms with van der Waals surface area (Å²) in [6.07, 6.45) is 1.71. The topological polar surface area (TPSA) is 84.9 Å². The van der Waals surface area contributed by atoms with E-state index in [9.17, 15) is 13.2 Å². The summed E-state index contributed by atoms with van der Waals surface area (Å²) < 4.78 is 36.7. The second-order valence-corrected chi connectivity index (χ2v) is 9.45. The summed E-state index contributed by atoms with van der Waals surface area (Å²) in [6, 6.07) is 12.0. The Balaban J connectivity index is 1.55. The van der Waals surface area contributed by atoms with Crippen molar-refractivity contribution in [2.45, 2.75) is 25.8 Å². The van der Waals surface area contributed by atoms with Crippen molar-refractivity contribution in [2.75, 3.05) is 30.3 Å². The Kier molecular flexibility index (Phi) is 7.10. The van der Waals surface area contributed by atoms with E-state index in [1.54, 1.807) is 24.3 Å². The molecule has 1 unspecified atom stereocenters. The van der Waals surface area contributed by atoms with Gasteiger partial charge in [0.05, 0.1) is 18.0 Å². The molecule has 162 valence electrons. The second kappa shape index (κ2) is 9.57. The standard InChI is InChI=1S/C21H25ClN2O5S/c1-15(16-8-9-19-20(13-16)29-12-11-28-19)23-21(25)7-4-10-24(30(2,26)27)18-6-3-5-17(22)14-18/h3,5-6,8-9,13-15H,4,7,10-12H2,1-2H3,(H,23,25). The maximum Gasteiger partial charge on any atom is 0.232 e. The van der Waals surface area contributed by atoms with Crippen LogP contribution in [-0.2, 0) is 14.8 Å². The predicted molar refractivity (Wildman–Crippen MR) is 117 cm³/mol. The van der Waals surface area contributed by atoms with Crippen LogP contribution in [0.15, 0.2) is 42.5 Å². The first-order valence-electron chi connectivity index (χ1n) is 9.66. The van der Waals surface area contributed by atoms with Gasteiger partial charge < -0.3 is 14.8 Å². The smallest absolute Gasteiger partial charge is 0.232 e. The van der Waals surface area contributed by atoms with Gasteiger partial charge in [-0.1, -0.05) is 23.7 Å². The van der Waals surface area contributed by atoms with Crippen molar-refractivity contribution in [3.8, 4) is 11.5 Å². The van der Waals surface area contributed by atoms with Gasteiger partial charge in [0.15, 0.2) is 11.5 Å². The lowest BCUT2D eigenvalue weighted by atomic mass is 10.1. The number of nitrogens with one attached hydrogen (secondary N) is 1. The summed E-state index contributed by atoms with van der Waals surface area (Å²) in [4.78, 5) is 12.4. The fourth-order valence-corrected chi connectivity index (χ4v) is 4.37. The number of amides is 1. The maximum atomic E-state index is 12.4. The zero-order valence-corrected chi connectivity index (χ0v) is 18.5. The molecular weight excluding hydrogens is 428 g/mol. The first-order chi connectivity index (χ1) is 14.2. The van der Waals surface area contributed by atoms with Gasteiger partial charge in [-0.25, -0.2) is 8.42 Å². The summed E-state index contributed by atoms with van der Waals surface area (Å²) >= 11 is 5.98. The minimum atomic E-state index is -3.49. The third kappa shape index (κ3) is 5.79. The molecule has 1 N–H and O–H groups in total. The molecule has 1 amide bonds. The van der Waals surface area contributed by atoms with Gasteiger partial charge in [0.25, 0.3) is 0 Å². The Morgan fingerprint density at radius 3 is 2.60 bits per heavy atom. The second-order valence-electron chi connectivity index (χ2n) is 7.11. The molecule has 0 saturated heterocycles. The van der Waals surface area contributed by atoms with Gasteiger partial charge in [-0.15, -0.1) is 0 Å². The zero-order chi connectivity index (χ0) is 21.7. The number of carbonyl (C=O) groups is 1. The number of nitrogens with zero attached hydrogens (tertiary/aromatic N) is 1. The molecule has 7 nitrogen and oxygen atoms in total. The maximum absolute atomic E-state index is 12.4. The zero-order valence-electron chi connectivity index (χ0n) is 16.9. The van der Waals surface area contributed by atoms with E-state index in [1.807, 2.05) is 25.1 Å². The van der Waals surface area contributed by atoms with Crippen molar-refractivity contribution in [1.82, 2.24) is 5.32 Å². The van der Waals surface area contributed by atoms with E-state index in [0.29, 0.717) is 41.8 Å². The summed E-state index contributed by atoms with van der Waals surface area (Å²) in [7, 11) is -3.49. The number of fused-ring (bicyclic) bond motifs is 1. The highest BCUT2D eigenvalue weighted by Gasteiger charge is 2.19. The van der Waals surface area contributed by atoms with Crippen molar-refractivity contribution >= 4 is 33.2 Å². The van der Waals surface area contributed by atoms with Crippen LogP contribution in [0.4, 0.5) is 5.69 Å². The normalized spacial score (nSPS) is 14.1. The average molecular weight is 453 g/mol. The molecule has 1 aliphatic heterocycles. The molecule has 1 heterocycles. The van der Waals surface area contributed by atoms with E-state index in [-0.39, 0.29) is 24.9 Å². The van der Waals surface area contributed by atoms with E-state index in [2.05, 4.69) is 5.32 Å². The summed E-state index contributed by atoms with van der Waals surface area (Å²) in [5, 5.41) is 3.39. The van der Waals surface area contributed by atoms with E-state index < -0.39 is 10.0 Å². The Morgan fingerprint density at radius 2 is 1.90 bits per heavy atom. The quantitative estimate of drug-likeness (QED) is 0.662. The predicted octanol–water partition coefficient (Wildman–Crippen LogP) is 3.53. The lowest BCUT2D eigenvalue weighted by molar-refractivity contribution is -0.121. The first-order valence-corrected chi connectivity index (χ1v) is 11.9. The molecule has 2 aromatic carbocycles. The van der Waals surface area contributed by atoms with Crippen molar-refractivity contribution in [3.05, 3.63) is 53.1 Å². The fourth-order valence-electron chi connectivity index (χ4n) is 3.23. The molecule has 9 heteroatoms.